The van der Waals surface area contributed by atoms with E-state index in [9.17, 15) is 19.2 Å². The van der Waals surface area contributed by atoms with Crippen LogP contribution >= 0.6 is 0 Å². The number of primary amides is 1. The molecule has 1 saturated heterocycles. The zero-order valence-corrected chi connectivity index (χ0v) is 13.7. The first-order valence-corrected chi connectivity index (χ1v) is 7.97. The Morgan fingerprint density at radius 1 is 1.35 bits per heavy atom. The third-order valence-corrected chi connectivity index (χ3v) is 4.02. The van der Waals surface area contributed by atoms with E-state index in [0.29, 0.717) is 23.0 Å². The topological polar surface area (TPSA) is 145 Å². The molecule has 1 fully saturated rings. The number of piperidine rings is 1. The fourth-order valence-electron chi connectivity index (χ4n) is 2.82. The van der Waals surface area contributed by atoms with Crippen molar-refractivity contribution in [3.63, 3.8) is 0 Å². The SMILES string of the molecule is NC(=O)OCCNc1cccc2c(=O)n(C3CCC(=O)NC3=O)ncc12. The van der Waals surface area contributed by atoms with Crippen LogP contribution in [0.3, 0.4) is 0 Å². The summed E-state index contributed by atoms with van der Waals surface area (Å²) in [5, 5.41) is 10.3. The maximum atomic E-state index is 12.7. The number of ether oxygens (including phenoxy) is 1. The van der Waals surface area contributed by atoms with Gasteiger partial charge in [-0.2, -0.15) is 5.10 Å². The molecule has 4 N–H and O–H groups in total. The minimum atomic E-state index is -0.862. The van der Waals surface area contributed by atoms with Gasteiger partial charge in [-0.25, -0.2) is 9.48 Å². The molecule has 1 aromatic heterocycles. The minimum absolute atomic E-state index is 0.0759. The van der Waals surface area contributed by atoms with Crippen LogP contribution in [-0.2, 0) is 14.3 Å². The first-order chi connectivity index (χ1) is 12.5. The summed E-state index contributed by atoms with van der Waals surface area (Å²) in [6.07, 6.45) is 1.01. The fourth-order valence-corrected chi connectivity index (χ4v) is 2.82. The Labute approximate surface area is 147 Å². The van der Waals surface area contributed by atoms with Crippen LogP contribution in [0.15, 0.2) is 29.2 Å². The molecule has 136 valence electrons. The molecule has 1 atom stereocenters. The zero-order valence-electron chi connectivity index (χ0n) is 13.7. The predicted molar refractivity (Wildman–Crippen MR) is 91.4 cm³/mol. The normalized spacial score (nSPS) is 17.0. The molecule has 3 amide bonds. The molecule has 3 rings (SSSR count). The Hall–Kier alpha value is -3.43. The van der Waals surface area contributed by atoms with Gasteiger partial charge in [-0.3, -0.25) is 19.7 Å². The van der Waals surface area contributed by atoms with Crippen molar-refractivity contribution in [3.8, 4) is 0 Å². The van der Waals surface area contributed by atoms with Gasteiger partial charge in [0.2, 0.25) is 5.91 Å². The highest BCUT2D eigenvalue weighted by atomic mass is 16.5. The number of fused-ring (bicyclic) bond motifs is 1. The van der Waals surface area contributed by atoms with Gasteiger partial charge < -0.3 is 15.8 Å². The molecule has 0 saturated carbocycles. The highest BCUT2D eigenvalue weighted by molar-refractivity contribution is 5.99. The van der Waals surface area contributed by atoms with E-state index < -0.39 is 23.6 Å². The van der Waals surface area contributed by atoms with Gasteiger partial charge in [-0.05, 0) is 18.6 Å². The number of benzene rings is 1. The number of rotatable bonds is 5. The van der Waals surface area contributed by atoms with E-state index in [1.165, 1.54) is 6.20 Å². The molecule has 1 aromatic carbocycles. The third kappa shape index (κ3) is 3.48. The lowest BCUT2D eigenvalue weighted by atomic mass is 10.1. The zero-order chi connectivity index (χ0) is 18.7. The highest BCUT2D eigenvalue weighted by Gasteiger charge is 2.30. The number of nitrogens with zero attached hydrogens (tertiary/aromatic N) is 2. The average Bonchev–Trinajstić information content (AvgIpc) is 2.60. The van der Waals surface area contributed by atoms with Gasteiger partial charge in [-0.1, -0.05) is 6.07 Å². The van der Waals surface area contributed by atoms with Crippen LogP contribution in [0.25, 0.3) is 10.8 Å². The summed E-state index contributed by atoms with van der Waals surface area (Å²) in [7, 11) is 0. The number of nitrogens with two attached hydrogens (primary N) is 1. The van der Waals surface area contributed by atoms with Crippen molar-refractivity contribution in [2.75, 3.05) is 18.5 Å². The maximum absolute atomic E-state index is 12.7. The fraction of sp³-hybridized carbons (Fsp3) is 0.312. The smallest absolute Gasteiger partial charge is 0.404 e. The van der Waals surface area contributed by atoms with E-state index in [1.54, 1.807) is 18.2 Å². The standard InChI is InChI=1S/C16H17N5O5/c17-16(25)26-7-6-18-11-3-1-2-9-10(11)8-19-21(15(9)24)12-4-5-13(22)20-14(12)23/h1-3,8,12,18H,4-7H2,(H2,17,25)(H,20,22,23). The second-order valence-corrected chi connectivity index (χ2v) is 5.72. The molecule has 1 aliphatic heterocycles. The van der Waals surface area contributed by atoms with Gasteiger partial charge >= 0.3 is 6.09 Å². The molecule has 0 radical (unpaired) electrons. The Bertz CT molecular complexity index is 938. The van der Waals surface area contributed by atoms with Crippen molar-refractivity contribution in [2.45, 2.75) is 18.9 Å². The molecule has 2 heterocycles. The number of hydrogen-bond donors (Lipinski definition) is 3. The summed E-state index contributed by atoms with van der Waals surface area (Å²) >= 11 is 0. The lowest BCUT2D eigenvalue weighted by molar-refractivity contribution is -0.136. The molecule has 10 nitrogen and oxygen atoms in total. The number of nitrogens with one attached hydrogen (secondary N) is 2. The Morgan fingerprint density at radius 2 is 2.15 bits per heavy atom. The monoisotopic (exact) mass is 359 g/mol. The van der Waals surface area contributed by atoms with Crippen LogP contribution < -0.4 is 21.9 Å². The van der Waals surface area contributed by atoms with Gasteiger partial charge in [0.05, 0.1) is 11.6 Å². The average molecular weight is 359 g/mol. The van der Waals surface area contributed by atoms with Crippen molar-refractivity contribution in [1.82, 2.24) is 15.1 Å². The number of aromatic nitrogens is 2. The Morgan fingerprint density at radius 3 is 2.88 bits per heavy atom. The predicted octanol–water partition coefficient (Wildman–Crippen LogP) is -0.119. The van der Waals surface area contributed by atoms with Crippen LogP contribution in [0.5, 0.6) is 0 Å². The molecule has 1 unspecified atom stereocenters. The van der Waals surface area contributed by atoms with Crippen molar-refractivity contribution in [1.29, 1.82) is 0 Å². The van der Waals surface area contributed by atoms with Crippen LogP contribution in [0.1, 0.15) is 18.9 Å². The second-order valence-electron chi connectivity index (χ2n) is 5.72. The molecule has 26 heavy (non-hydrogen) atoms. The van der Waals surface area contributed by atoms with Crippen molar-refractivity contribution < 1.29 is 19.1 Å². The van der Waals surface area contributed by atoms with Gasteiger partial charge in [0.15, 0.2) is 0 Å². The summed E-state index contributed by atoms with van der Waals surface area (Å²) < 4.78 is 5.74. The minimum Gasteiger partial charge on any atom is -0.448 e. The highest BCUT2D eigenvalue weighted by Crippen LogP contribution is 2.22. The molecular formula is C16H17N5O5. The van der Waals surface area contributed by atoms with Crippen molar-refractivity contribution >= 4 is 34.4 Å². The number of carbonyl (C=O) groups excluding carboxylic acids is 3. The van der Waals surface area contributed by atoms with E-state index >= 15 is 0 Å². The molecule has 0 spiro atoms. The van der Waals surface area contributed by atoms with Gasteiger partial charge in [0, 0.05) is 24.0 Å². The first kappa shape index (κ1) is 17.4. The van der Waals surface area contributed by atoms with E-state index in [4.69, 9.17) is 5.73 Å². The summed E-state index contributed by atoms with van der Waals surface area (Å²) in [6, 6.07) is 4.26. The van der Waals surface area contributed by atoms with Gasteiger partial charge in [0.25, 0.3) is 11.5 Å². The van der Waals surface area contributed by atoms with E-state index in [1.807, 2.05) is 0 Å². The van der Waals surface area contributed by atoms with Gasteiger partial charge in [0.1, 0.15) is 12.6 Å². The summed E-state index contributed by atoms with van der Waals surface area (Å²) in [4.78, 5) is 46.6. The summed E-state index contributed by atoms with van der Waals surface area (Å²) in [5.74, 6) is -0.891. The largest absolute Gasteiger partial charge is 0.448 e. The van der Waals surface area contributed by atoms with Crippen LogP contribution in [0, 0.1) is 0 Å². The summed E-state index contributed by atoms with van der Waals surface area (Å²) in [5.41, 5.74) is 5.11. The van der Waals surface area contributed by atoms with E-state index in [-0.39, 0.29) is 25.4 Å². The molecule has 0 aliphatic carbocycles. The molecule has 10 heteroatoms. The molecule has 0 bridgehead atoms. The first-order valence-electron chi connectivity index (χ1n) is 7.97. The molecule has 2 aromatic rings. The maximum Gasteiger partial charge on any atom is 0.404 e. The quantitative estimate of drug-likeness (QED) is 0.498. The van der Waals surface area contributed by atoms with E-state index in [2.05, 4.69) is 20.5 Å². The number of hydrogen-bond acceptors (Lipinski definition) is 7. The number of imide groups is 1. The van der Waals surface area contributed by atoms with Crippen LogP contribution in [-0.4, -0.2) is 40.8 Å². The molecular weight excluding hydrogens is 342 g/mol. The summed E-state index contributed by atoms with van der Waals surface area (Å²) in [6.45, 7) is 0.380. The lowest BCUT2D eigenvalue weighted by Gasteiger charge is -2.22. The molecule has 1 aliphatic rings. The Kier molecular flexibility index (Phi) is 4.83. The lowest BCUT2D eigenvalue weighted by Crippen LogP contribution is -2.45. The van der Waals surface area contributed by atoms with Crippen LogP contribution in [0.4, 0.5) is 10.5 Å². The number of amides is 3. The third-order valence-electron chi connectivity index (χ3n) is 4.02. The number of carbonyl (C=O) groups is 3. The second kappa shape index (κ2) is 7.21. The Balaban J connectivity index is 1.88. The van der Waals surface area contributed by atoms with Gasteiger partial charge in [-0.15, -0.1) is 0 Å². The number of anilines is 1. The van der Waals surface area contributed by atoms with E-state index in [0.717, 1.165) is 4.68 Å². The van der Waals surface area contributed by atoms with Crippen LogP contribution in [0.2, 0.25) is 0 Å². The van der Waals surface area contributed by atoms with Crippen molar-refractivity contribution in [2.24, 2.45) is 5.73 Å². The van der Waals surface area contributed by atoms with Crippen molar-refractivity contribution in [3.05, 3.63) is 34.7 Å².